The van der Waals surface area contributed by atoms with Gasteiger partial charge in [-0.15, -0.1) is 0 Å². The molecule has 0 saturated heterocycles. The van der Waals surface area contributed by atoms with Gasteiger partial charge in [0.25, 0.3) is 11.8 Å². The average molecular weight is 400 g/mol. The second kappa shape index (κ2) is 8.78. The Bertz CT molecular complexity index is 1050. The second-order valence-corrected chi connectivity index (χ2v) is 7.41. The molecule has 0 radical (unpaired) electrons. The highest BCUT2D eigenvalue weighted by Crippen LogP contribution is 2.28. The molecular weight excluding hydrogens is 376 g/mol. The van der Waals surface area contributed by atoms with E-state index in [-0.39, 0.29) is 17.9 Å². The van der Waals surface area contributed by atoms with Crippen molar-refractivity contribution in [1.29, 1.82) is 0 Å². The van der Waals surface area contributed by atoms with Gasteiger partial charge in [0, 0.05) is 48.5 Å². The molecule has 4 rings (SSSR count). The lowest BCUT2D eigenvalue weighted by Gasteiger charge is -2.27. The van der Waals surface area contributed by atoms with Crippen LogP contribution in [0.15, 0.2) is 73.1 Å². The Labute approximate surface area is 175 Å². The number of carbonyl (C=O) groups excluding carboxylic acids is 2. The molecule has 0 fully saturated rings. The smallest absolute Gasteiger partial charge is 0.257 e. The Morgan fingerprint density at radius 3 is 2.70 bits per heavy atom. The normalized spacial score (nSPS) is 13.4. The standard InChI is InChI=1S/C24H24N4O2/c1-17(28-13-11-18-6-2-3-10-22(18)28)15-26-23(29)19-7-4-9-21(14-19)27-24(30)20-8-5-12-25-16-20/h2-10,12,14,16-17H,11,13,15H2,1H3,(H,26,29)(H,27,30). The Morgan fingerprint density at radius 1 is 1.03 bits per heavy atom. The molecule has 1 unspecified atom stereocenters. The number of rotatable bonds is 6. The molecule has 0 spiro atoms. The highest BCUT2D eigenvalue weighted by Gasteiger charge is 2.23. The molecule has 6 nitrogen and oxygen atoms in total. The lowest BCUT2D eigenvalue weighted by Crippen LogP contribution is -2.41. The molecule has 2 aromatic carbocycles. The minimum absolute atomic E-state index is 0.160. The number of aromatic nitrogens is 1. The summed E-state index contributed by atoms with van der Waals surface area (Å²) >= 11 is 0. The number of anilines is 2. The van der Waals surface area contributed by atoms with Crippen LogP contribution in [0.2, 0.25) is 0 Å². The number of carbonyl (C=O) groups is 2. The van der Waals surface area contributed by atoms with Crippen molar-refractivity contribution in [2.45, 2.75) is 19.4 Å². The number of amides is 2. The van der Waals surface area contributed by atoms with Crippen LogP contribution < -0.4 is 15.5 Å². The van der Waals surface area contributed by atoms with Crippen molar-refractivity contribution >= 4 is 23.2 Å². The molecular formula is C24H24N4O2. The van der Waals surface area contributed by atoms with E-state index in [0.717, 1.165) is 13.0 Å². The SMILES string of the molecule is CC(CNC(=O)c1cccc(NC(=O)c2cccnc2)c1)N1CCc2ccccc21. The summed E-state index contributed by atoms with van der Waals surface area (Å²) in [5, 5.41) is 5.82. The molecule has 3 aromatic rings. The maximum Gasteiger partial charge on any atom is 0.257 e. The molecule has 1 aromatic heterocycles. The Balaban J connectivity index is 1.36. The molecule has 2 heterocycles. The summed E-state index contributed by atoms with van der Waals surface area (Å²) in [4.78, 5) is 31.3. The predicted molar refractivity (Wildman–Crippen MR) is 118 cm³/mol. The summed E-state index contributed by atoms with van der Waals surface area (Å²) in [5.41, 5.74) is 4.14. The maximum atomic E-state index is 12.7. The molecule has 0 bridgehead atoms. The van der Waals surface area contributed by atoms with E-state index in [4.69, 9.17) is 0 Å². The highest BCUT2D eigenvalue weighted by molar-refractivity contribution is 6.04. The first-order valence-corrected chi connectivity index (χ1v) is 10.1. The van der Waals surface area contributed by atoms with E-state index in [0.29, 0.717) is 23.4 Å². The van der Waals surface area contributed by atoms with Crippen LogP contribution in [-0.2, 0) is 6.42 Å². The lowest BCUT2D eigenvalue weighted by molar-refractivity contribution is 0.0950. The first-order chi connectivity index (χ1) is 14.6. The van der Waals surface area contributed by atoms with Gasteiger partial charge in [0.15, 0.2) is 0 Å². The van der Waals surface area contributed by atoms with E-state index in [1.165, 1.54) is 17.4 Å². The number of hydrogen-bond acceptors (Lipinski definition) is 4. The average Bonchev–Trinajstić information content (AvgIpc) is 3.22. The van der Waals surface area contributed by atoms with Gasteiger partial charge in [0.05, 0.1) is 5.56 Å². The van der Waals surface area contributed by atoms with Gasteiger partial charge < -0.3 is 15.5 Å². The van der Waals surface area contributed by atoms with Crippen LogP contribution in [0, 0.1) is 0 Å². The fourth-order valence-electron chi connectivity index (χ4n) is 3.71. The van der Waals surface area contributed by atoms with Gasteiger partial charge in [-0.25, -0.2) is 0 Å². The monoisotopic (exact) mass is 400 g/mol. The zero-order chi connectivity index (χ0) is 20.9. The van der Waals surface area contributed by atoms with Crippen LogP contribution >= 0.6 is 0 Å². The minimum atomic E-state index is -0.262. The molecule has 1 aliphatic heterocycles. The van der Waals surface area contributed by atoms with Gasteiger partial charge in [-0.1, -0.05) is 24.3 Å². The second-order valence-electron chi connectivity index (χ2n) is 7.41. The predicted octanol–water partition coefficient (Wildman–Crippen LogP) is 3.51. The Kier molecular flexibility index (Phi) is 5.75. The fraction of sp³-hybridized carbons (Fsp3) is 0.208. The van der Waals surface area contributed by atoms with E-state index in [9.17, 15) is 9.59 Å². The van der Waals surface area contributed by atoms with Crippen LogP contribution in [0.25, 0.3) is 0 Å². The fourth-order valence-corrected chi connectivity index (χ4v) is 3.71. The van der Waals surface area contributed by atoms with E-state index >= 15 is 0 Å². The zero-order valence-corrected chi connectivity index (χ0v) is 16.8. The van der Waals surface area contributed by atoms with Crippen LogP contribution in [0.1, 0.15) is 33.2 Å². The van der Waals surface area contributed by atoms with Crippen molar-refractivity contribution in [3.63, 3.8) is 0 Å². The third-order valence-corrected chi connectivity index (χ3v) is 5.32. The van der Waals surface area contributed by atoms with E-state index in [1.807, 2.05) is 6.07 Å². The Morgan fingerprint density at radius 2 is 1.87 bits per heavy atom. The molecule has 0 saturated carbocycles. The molecule has 2 amide bonds. The summed E-state index contributed by atoms with van der Waals surface area (Å²) in [6.07, 6.45) is 4.15. The van der Waals surface area contributed by atoms with Gasteiger partial charge in [0.1, 0.15) is 0 Å². The quantitative estimate of drug-likeness (QED) is 0.664. The summed E-state index contributed by atoms with van der Waals surface area (Å²) in [7, 11) is 0. The van der Waals surface area contributed by atoms with Gasteiger partial charge >= 0.3 is 0 Å². The molecule has 1 atom stereocenters. The largest absolute Gasteiger partial charge is 0.366 e. The summed E-state index contributed by atoms with van der Waals surface area (Å²) in [6, 6.07) is 18.9. The number of benzene rings is 2. The lowest BCUT2D eigenvalue weighted by atomic mass is 10.1. The summed E-state index contributed by atoms with van der Waals surface area (Å²) < 4.78 is 0. The summed E-state index contributed by atoms with van der Waals surface area (Å²) in [6.45, 7) is 3.62. The number of nitrogens with zero attached hydrogens (tertiary/aromatic N) is 2. The van der Waals surface area contributed by atoms with Crippen molar-refractivity contribution in [1.82, 2.24) is 10.3 Å². The molecule has 152 valence electrons. The number of para-hydroxylation sites is 1. The van der Waals surface area contributed by atoms with Crippen LogP contribution in [-0.4, -0.2) is 35.9 Å². The van der Waals surface area contributed by atoms with Crippen LogP contribution in [0.4, 0.5) is 11.4 Å². The van der Waals surface area contributed by atoms with Crippen molar-refractivity contribution in [3.8, 4) is 0 Å². The number of hydrogen-bond donors (Lipinski definition) is 2. The zero-order valence-electron chi connectivity index (χ0n) is 16.8. The van der Waals surface area contributed by atoms with Crippen molar-refractivity contribution in [2.24, 2.45) is 0 Å². The summed E-state index contributed by atoms with van der Waals surface area (Å²) in [5.74, 6) is -0.422. The third kappa shape index (κ3) is 4.33. The number of fused-ring (bicyclic) bond motifs is 1. The molecule has 2 N–H and O–H groups in total. The van der Waals surface area contributed by atoms with Crippen molar-refractivity contribution in [3.05, 3.63) is 89.7 Å². The number of pyridine rings is 1. The van der Waals surface area contributed by atoms with Gasteiger partial charge in [0.2, 0.25) is 0 Å². The van der Waals surface area contributed by atoms with Crippen molar-refractivity contribution in [2.75, 3.05) is 23.3 Å². The molecule has 1 aliphatic rings. The molecule has 0 aliphatic carbocycles. The van der Waals surface area contributed by atoms with Crippen LogP contribution in [0.5, 0.6) is 0 Å². The van der Waals surface area contributed by atoms with E-state index in [2.05, 4.69) is 45.6 Å². The number of nitrogens with one attached hydrogen (secondary N) is 2. The molecule has 30 heavy (non-hydrogen) atoms. The highest BCUT2D eigenvalue weighted by atomic mass is 16.2. The van der Waals surface area contributed by atoms with E-state index in [1.54, 1.807) is 42.6 Å². The first kappa shape index (κ1) is 19.6. The third-order valence-electron chi connectivity index (χ3n) is 5.32. The van der Waals surface area contributed by atoms with Crippen LogP contribution in [0.3, 0.4) is 0 Å². The van der Waals surface area contributed by atoms with Gasteiger partial charge in [-0.05, 0) is 55.3 Å². The molecule has 6 heteroatoms. The van der Waals surface area contributed by atoms with Crippen molar-refractivity contribution < 1.29 is 9.59 Å². The van der Waals surface area contributed by atoms with E-state index < -0.39 is 0 Å². The Hall–Kier alpha value is -3.67. The minimum Gasteiger partial charge on any atom is -0.366 e. The maximum absolute atomic E-state index is 12.7. The first-order valence-electron chi connectivity index (χ1n) is 10.1. The topological polar surface area (TPSA) is 74.3 Å². The van der Waals surface area contributed by atoms with Gasteiger partial charge in [-0.3, -0.25) is 14.6 Å². The van der Waals surface area contributed by atoms with Gasteiger partial charge in [-0.2, -0.15) is 0 Å².